The second kappa shape index (κ2) is 5.82. The van der Waals surface area contributed by atoms with Gasteiger partial charge in [0, 0.05) is 16.2 Å². The van der Waals surface area contributed by atoms with Crippen LogP contribution in [0.3, 0.4) is 0 Å². The van der Waals surface area contributed by atoms with E-state index >= 15 is 0 Å². The summed E-state index contributed by atoms with van der Waals surface area (Å²) in [5.41, 5.74) is 6.72. The van der Waals surface area contributed by atoms with Crippen molar-refractivity contribution in [1.82, 2.24) is 5.32 Å². The van der Waals surface area contributed by atoms with Gasteiger partial charge in [-0.2, -0.15) is 0 Å². The third-order valence-electron chi connectivity index (χ3n) is 3.05. The molecule has 1 aliphatic rings. The molecule has 0 saturated heterocycles. The molecule has 0 heterocycles. The average Bonchev–Trinajstić information content (AvgIpc) is 3.09. The van der Waals surface area contributed by atoms with Crippen molar-refractivity contribution in [3.05, 3.63) is 33.4 Å². The van der Waals surface area contributed by atoms with Gasteiger partial charge in [0.1, 0.15) is 0 Å². The van der Waals surface area contributed by atoms with Crippen LogP contribution in [0.15, 0.2) is 24.3 Å². The van der Waals surface area contributed by atoms with Crippen LogP contribution in [0.2, 0.25) is 0 Å². The molecule has 1 aromatic rings. The molecular formula is C13H17IN2O. The van der Waals surface area contributed by atoms with Crippen molar-refractivity contribution in [2.75, 3.05) is 6.54 Å². The summed E-state index contributed by atoms with van der Waals surface area (Å²) in [6, 6.07) is 8.19. The monoisotopic (exact) mass is 344 g/mol. The van der Waals surface area contributed by atoms with E-state index in [-0.39, 0.29) is 11.9 Å². The summed E-state index contributed by atoms with van der Waals surface area (Å²) in [4.78, 5) is 11.9. The van der Waals surface area contributed by atoms with Crippen LogP contribution in [0.4, 0.5) is 0 Å². The van der Waals surface area contributed by atoms with Crippen molar-refractivity contribution >= 4 is 28.5 Å². The molecule has 4 heteroatoms. The molecule has 1 fully saturated rings. The van der Waals surface area contributed by atoms with E-state index in [9.17, 15) is 4.79 Å². The van der Waals surface area contributed by atoms with Crippen LogP contribution in [-0.2, 0) is 11.2 Å². The third-order valence-corrected chi connectivity index (χ3v) is 3.72. The molecule has 3 N–H and O–H groups in total. The molecule has 92 valence electrons. The summed E-state index contributed by atoms with van der Waals surface area (Å²) in [6.07, 6.45) is 2.84. The lowest BCUT2D eigenvalue weighted by atomic mass is 10.1. The number of rotatable bonds is 5. The zero-order chi connectivity index (χ0) is 12.3. The Kier molecular flexibility index (Phi) is 4.39. The molecule has 0 bridgehead atoms. The van der Waals surface area contributed by atoms with Crippen LogP contribution in [-0.4, -0.2) is 18.5 Å². The van der Waals surface area contributed by atoms with Crippen molar-refractivity contribution in [3.8, 4) is 0 Å². The zero-order valence-electron chi connectivity index (χ0n) is 9.66. The Morgan fingerprint density at radius 2 is 2.29 bits per heavy atom. The van der Waals surface area contributed by atoms with E-state index < -0.39 is 0 Å². The predicted octanol–water partition coefficient (Wildman–Crippen LogP) is 1.69. The molecule has 0 radical (unpaired) electrons. The Morgan fingerprint density at radius 1 is 1.53 bits per heavy atom. The van der Waals surface area contributed by atoms with Gasteiger partial charge >= 0.3 is 0 Å². The summed E-state index contributed by atoms with van der Waals surface area (Å²) >= 11 is 2.25. The van der Waals surface area contributed by atoms with Crippen LogP contribution < -0.4 is 11.1 Å². The summed E-state index contributed by atoms with van der Waals surface area (Å²) in [7, 11) is 0. The summed E-state index contributed by atoms with van der Waals surface area (Å²) in [6.45, 7) is 0.544. The van der Waals surface area contributed by atoms with Gasteiger partial charge in [-0.3, -0.25) is 4.79 Å². The summed E-state index contributed by atoms with van der Waals surface area (Å²) in [5, 5.41) is 3.03. The highest BCUT2D eigenvalue weighted by atomic mass is 127. The highest BCUT2D eigenvalue weighted by Crippen LogP contribution is 2.32. The molecule has 1 atom stereocenters. The predicted molar refractivity (Wildman–Crippen MR) is 76.6 cm³/mol. The summed E-state index contributed by atoms with van der Waals surface area (Å²) in [5.74, 6) is 0.689. The number of hydrogen-bond donors (Lipinski definition) is 2. The van der Waals surface area contributed by atoms with Gasteiger partial charge in [-0.15, -0.1) is 0 Å². The second-order valence-electron chi connectivity index (χ2n) is 4.55. The lowest BCUT2D eigenvalue weighted by Gasteiger charge is -2.15. The van der Waals surface area contributed by atoms with Crippen molar-refractivity contribution in [1.29, 1.82) is 0 Å². The van der Waals surface area contributed by atoms with Gasteiger partial charge in [0.25, 0.3) is 0 Å². The van der Waals surface area contributed by atoms with Gasteiger partial charge in [-0.05, 0) is 59.0 Å². The molecule has 1 aromatic carbocycles. The largest absolute Gasteiger partial charge is 0.352 e. The standard InChI is InChI=1S/C13H17IN2O/c14-11-3-1-2-9(6-11)7-13(17)16-12(8-15)10-4-5-10/h1-3,6,10,12H,4-5,7-8,15H2,(H,16,17). The molecule has 1 amide bonds. The van der Waals surface area contributed by atoms with E-state index in [1.807, 2.05) is 24.3 Å². The van der Waals surface area contributed by atoms with E-state index in [1.54, 1.807) is 0 Å². The lowest BCUT2D eigenvalue weighted by molar-refractivity contribution is -0.121. The average molecular weight is 344 g/mol. The van der Waals surface area contributed by atoms with E-state index in [2.05, 4.69) is 27.9 Å². The fourth-order valence-corrected chi connectivity index (χ4v) is 2.57. The minimum atomic E-state index is 0.0781. The Morgan fingerprint density at radius 3 is 2.88 bits per heavy atom. The Balaban J connectivity index is 1.88. The minimum absolute atomic E-state index is 0.0781. The molecular weight excluding hydrogens is 327 g/mol. The number of nitrogens with two attached hydrogens (primary N) is 1. The lowest BCUT2D eigenvalue weighted by Crippen LogP contribution is -2.42. The molecule has 1 aliphatic carbocycles. The van der Waals surface area contributed by atoms with Gasteiger partial charge in [-0.1, -0.05) is 12.1 Å². The number of halogens is 1. The first kappa shape index (κ1) is 12.8. The van der Waals surface area contributed by atoms with Gasteiger partial charge in [0.2, 0.25) is 5.91 Å². The van der Waals surface area contributed by atoms with Crippen LogP contribution in [0.25, 0.3) is 0 Å². The highest BCUT2D eigenvalue weighted by Gasteiger charge is 2.31. The van der Waals surface area contributed by atoms with Crippen LogP contribution in [0.5, 0.6) is 0 Å². The number of carbonyl (C=O) groups excluding carboxylic acids is 1. The van der Waals surface area contributed by atoms with Crippen molar-refractivity contribution < 1.29 is 4.79 Å². The Bertz CT molecular complexity index is 404. The van der Waals surface area contributed by atoms with E-state index in [4.69, 9.17) is 5.73 Å². The molecule has 0 aliphatic heterocycles. The fraction of sp³-hybridized carbons (Fsp3) is 0.462. The SMILES string of the molecule is NCC(NC(=O)Cc1cccc(I)c1)C1CC1. The maximum Gasteiger partial charge on any atom is 0.224 e. The molecule has 0 spiro atoms. The fourth-order valence-electron chi connectivity index (χ4n) is 1.96. The number of nitrogens with one attached hydrogen (secondary N) is 1. The first-order valence-corrected chi connectivity index (χ1v) is 7.01. The van der Waals surface area contributed by atoms with Crippen molar-refractivity contribution in [3.63, 3.8) is 0 Å². The van der Waals surface area contributed by atoms with Crippen LogP contribution >= 0.6 is 22.6 Å². The quantitative estimate of drug-likeness (QED) is 0.799. The van der Waals surface area contributed by atoms with E-state index in [0.717, 1.165) is 9.13 Å². The third kappa shape index (κ3) is 3.96. The maximum atomic E-state index is 11.9. The normalized spacial score (nSPS) is 16.6. The van der Waals surface area contributed by atoms with Gasteiger partial charge < -0.3 is 11.1 Å². The number of benzene rings is 1. The van der Waals surface area contributed by atoms with Crippen molar-refractivity contribution in [2.24, 2.45) is 11.7 Å². The highest BCUT2D eigenvalue weighted by molar-refractivity contribution is 14.1. The smallest absolute Gasteiger partial charge is 0.224 e. The first-order valence-electron chi connectivity index (χ1n) is 5.93. The molecule has 3 nitrogen and oxygen atoms in total. The Hall–Kier alpha value is -0.620. The topological polar surface area (TPSA) is 55.1 Å². The summed E-state index contributed by atoms with van der Waals surface area (Å²) < 4.78 is 1.16. The molecule has 2 rings (SSSR count). The van der Waals surface area contributed by atoms with E-state index in [1.165, 1.54) is 12.8 Å². The molecule has 1 saturated carbocycles. The number of amides is 1. The minimum Gasteiger partial charge on any atom is -0.352 e. The molecule has 1 unspecified atom stereocenters. The zero-order valence-corrected chi connectivity index (χ0v) is 11.8. The number of hydrogen-bond acceptors (Lipinski definition) is 2. The van der Waals surface area contributed by atoms with Crippen molar-refractivity contribution in [2.45, 2.75) is 25.3 Å². The van der Waals surface area contributed by atoms with Crippen LogP contribution in [0, 0.1) is 9.49 Å². The van der Waals surface area contributed by atoms with E-state index in [0.29, 0.717) is 18.9 Å². The van der Waals surface area contributed by atoms with Crippen LogP contribution in [0.1, 0.15) is 18.4 Å². The first-order chi connectivity index (χ1) is 8.19. The second-order valence-corrected chi connectivity index (χ2v) is 5.80. The molecule has 0 aromatic heterocycles. The Labute approximate surface area is 115 Å². The van der Waals surface area contributed by atoms with Gasteiger partial charge in [-0.25, -0.2) is 0 Å². The molecule has 17 heavy (non-hydrogen) atoms. The van der Waals surface area contributed by atoms with Gasteiger partial charge in [0.15, 0.2) is 0 Å². The number of carbonyl (C=O) groups is 1. The van der Waals surface area contributed by atoms with Gasteiger partial charge in [0.05, 0.1) is 6.42 Å². The maximum absolute atomic E-state index is 11.9.